The van der Waals surface area contributed by atoms with Gasteiger partial charge in [-0.1, -0.05) is 18.2 Å². The summed E-state index contributed by atoms with van der Waals surface area (Å²) in [6.07, 6.45) is 3.74. The van der Waals surface area contributed by atoms with E-state index in [9.17, 15) is 9.59 Å². The summed E-state index contributed by atoms with van der Waals surface area (Å²) in [5.41, 5.74) is -0.0282. The van der Waals surface area contributed by atoms with Crippen LogP contribution in [0.2, 0.25) is 0 Å². The molecule has 0 spiro atoms. The summed E-state index contributed by atoms with van der Waals surface area (Å²) in [7, 11) is 1.72. The second-order valence-electron chi connectivity index (χ2n) is 5.39. The number of methoxy groups -OCH3 is 1. The maximum atomic E-state index is 12.1. The molecule has 1 aromatic carbocycles. The Kier molecular flexibility index (Phi) is 3.79. The third-order valence-corrected chi connectivity index (χ3v) is 4.15. The lowest BCUT2D eigenvalue weighted by molar-refractivity contribution is 0.0552. The molecule has 1 saturated carbocycles. The Morgan fingerprint density at radius 1 is 1.05 bits per heavy atom. The minimum Gasteiger partial charge on any atom is -0.381 e. The molecule has 0 atom stereocenters. The molecule has 6 heteroatoms. The Morgan fingerprint density at radius 3 is 2.33 bits per heavy atom. The predicted molar refractivity (Wildman–Crippen MR) is 79.0 cm³/mol. The molecule has 0 unspecified atom stereocenters. The van der Waals surface area contributed by atoms with Gasteiger partial charge in [0, 0.05) is 7.11 Å². The number of hydrogen-bond donors (Lipinski definition) is 1. The van der Waals surface area contributed by atoms with Crippen molar-refractivity contribution >= 4 is 0 Å². The molecule has 1 aliphatic rings. The highest BCUT2D eigenvalue weighted by Crippen LogP contribution is 2.28. The van der Waals surface area contributed by atoms with Crippen LogP contribution in [0.5, 0.6) is 0 Å². The zero-order valence-electron chi connectivity index (χ0n) is 12.0. The molecule has 6 nitrogen and oxygen atoms in total. The average molecular weight is 289 g/mol. The first-order valence-electron chi connectivity index (χ1n) is 7.22. The van der Waals surface area contributed by atoms with Crippen LogP contribution in [-0.4, -0.2) is 27.6 Å². The van der Waals surface area contributed by atoms with Gasteiger partial charge in [0.2, 0.25) is 0 Å². The van der Waals surface area contributed by atoms with Crippen LogP contribution in [0.1, 0.15) is 31.7 Å². The van der Waals surface area contributed by atoms with Crippen LogP contribution in [0.3, 0.4) is 0 Å². The van der Waals surface area contributed by atoms with E-state index in [0.29, 0.717) is 5.69 Å². The number of nitrogens with zero attached hydrogens (tertiary/aromatic N) is 2. The van der Waals surface area contributed by atoms with Gasteiger partial charge in [0.15, 0.2) is 0 Å². The topological polar surface area (TPSA) is 69.0 Å². The molecule has 1 fully saturated rings. The summed E-state index contributed by atoms with van der Waals surface area (Å²) < 4.78 is 8.37. The Labute approximate surface area is 122 Å². The van der Waals surface area contributed by atoms with E-state index in [1.54, 1.807) is 11.8 Å². The molecule has 0 aliphatic heterocycles. The molecular weight excluding hydrogens is 270 g/mol. The summed E-state index contributed by atoms with van der Waals surface area (Å²) in [6.45, 7) is 0. The third kappa shape index (κ3) is 2.58. The van der Waals surface area contributed by atoms with E-state index in [2.05, 4.69) is 4.98 Å². The molecule has 1 N–H and O–H groups in total. The summed E-state index contributed by atoms with van der Waals surface area (Å²) >= 11 is 0. The molecule has 2 aromatic rings. The maximum absolute atomic E-state index is 12.1. The van der Waals surface area contributed by atoms with Crippen molar-refractivity contribution < 1.29 is 4.74 Å². The minimum absolute atomic E-state index is 0.0306. The van der Waals surface area contributed by atoms with E-state index in [-0.39, 0.29) is 23.5 Å². The lowest BCUT2D eigenvalue weighted by Crippen LogP contribution is -2.33. The number of aromatic nitrogens is 3. The van der Waals surface area contributed by atoms with E-state index in [1.165, 1.54) is 4.68 Å². The Morgan fingerprint density at radius 2 is 1.71 bits per heavy atom. The van der Waals surface area contributed by atoms with Gasteiger partial charge in [-0.05, 0) is 37.8 Å². The first-order chi connectivity index (χ1) is 10.2. The van der Waals surface area contributed by atoms with Gasteiger partial charge in [-0.15, -0.1) is 0 Å². The van der Waals surface area contributed by atoms with Crippen LogP contribution < -0.4 is 11.4 Å². The maximum Gasteiger partial charge on any atom is 0.349 e. The minimum atomic E-state index is -0.389. The van der Waals surface area contributed by atoms with Gasteiger partial charge < -0.3 is 4.74 Å². The van der Waals surface area contributed by atoms with Crippen molar-refractivity contribution in [1.29, 1.82) is 0 Å². The van der Waals surface area contributed by atoms with E-state index < -0.39 is 0 Å². The lowest BCUT2D eigenvalue weighted by Gasteiger charge is -2.28. The van der Waals surface area contributed by atoms with Crippen molar-refractivity contribution in [2.45, 2.75) is 37.8 Å². The molecule has 0 saturated heterocycles. The number of benzene rings is 1. The number of rotatable bonds is 3. The number of H-pyrrole nitrogens is 1. The molecular formula is C15H19N3O3. The first kappa shape index (κ1) is 13.9. The highest BCUT2D eigenvalue weighted by atomic mass is 16.5. The number of para-hydroxylation sites is 1. The Hall–Kier alpha value is -2.08. The molecule has 0 bridgehead atoms. The monoisotopic (exact) mass is 289 g/mol. The molecule has 0 amide bonds. The fourth-order valence-electron chi connectivity index (χ4n) is 3.06. The fraction of sp³-hybridized carbons (Fsp3) is 0.467. The van der Waals surface area contributed by atoms with Gasteiger partial charge in [0.25, 0.3) is 0 Å². The molecule has 0 radical (unpaired) electrons. The van der Waals surface area contributed by atoms with Crippen molar-refractivity contribution in [3.63, 3.8) is 0 Å². The highest BCUT2D eigenvalue weighted by molar-refractivity contribution is 5.29. The van der Waals surface area contributed by atoms with Crippen LogP contribution in [-0.2, 0) is 4.74 Å². The normalized spacial score (nSPS) is 22.3. The molecule has 1 aliphatic carbocycles. The van der Waals surface area contributed by atoms with Crippen molar-refractivity contribution in [3.05, 3.63) is 51.3 Å². The standard InChI is InChI=1S/C15H19N3O3/c1-21-13-9-7-12(8-10-13)18-15(20)16-14(19)17(18)11-5-3-2-4-6-11/h2-6,12-13H,7-10H2,1H3,(H,16,19,20). The van der Waals surface area contributed by atoms with Crippen LogP contribution in [0, 0.1) is 0 Å². The second-order valence-corrected chi connectivity index (χ2v) is 5.39. The van der Waals surface area contributed by atoms with Gasteiger partial charge in [-0.25, -0.2) is 14.3 Å². The van der Waals surface area contributed by atoms with Crippen LogP contribution in [0.15, 0.2) is 39.9 Å². The molecule has 112 valence electrons. The van der Waals surface area contributed by atoms with Gasteiger partial charge >= 0.3 is 11.4 Å². The molecule has 1 aromatic heterocycles. The van der Waals surface area contributed by atoms with Crippen LogP contribution in [0.25, 0.3) is 5.69 Å². The third-order valence-electron chi connectivity index (χ3n) is 4.15. The number of ether oxygens (including phenoxy) is 1. The Bertz CT molecular complexity index is 706. The van der Waals surface area contributed by atoms with Crippen LogP contribution >= 0.6 is 0 Å². The number of hydrogen-bond acceptors (Lipinski definition) is 3. The summed E-state index contributed by atoms with van der Waals surface area (Å²) in [4.78, 5) is 26.6. The summed E-state index contributed by atoms with van der Waals surface area (Å²) in [5.74, 6) is 0. The first-order valence-corrected chi connectivity index (χ1v) is 7.22. The van der Waals surface area contributed by atoms with Gasteiger partial charge in [-0.3, -0.25) is 4.98 Å². The smallest absolute Gasteiger partial charge is 0.349 e. The van der Waals surface area contributed by atoms with Crippen molar-refractivity contribution in [1.82, 2.24) is 14.3 Å². The van der Waals surface area contributed by atoms with Gasteiger partial charge in [-0.2, -0.15) is 4.68 Å². The van der Waals surface area contributed by atoms with Crippen molar-refractivity contribution in [2.75, 3.05) is 7.11 Å². The zero-order chi connectivity index (χ0) is 14.8. The SMILES string of the molecule is COC1CCC(n2c(=O)[nH]c(=O)n2-c2ccccc2)CC1. The van der Waals surface area contributed by atoms with Gasteiger partial charge in [0.05, 0.1) is 17.8 Å². The quantitative estimate of drug-likeness (QED) is 0.930. The molecule has 1 heterocycles. The van der Waals surface area contributed by atoms with Gasteiger partial charge in [0.1, 0.15) is 0 Å². The largest absolute Gasteiger partial charge is 0.381 e. The fourth-order valence-corrected chi connectivity index (χ4v) is 3.06. The van der Waals surface area contributed by atoms with E-state index in [1.807, 2.05) is 30.3 Å². The Balaban J connectivity index is 2.00. The highest BCUT2D eigenvalue weighted by Gasteiger charge is 2.26. The lowest BCUT2D eigenvalue weighted by atomic mass is 9.93. The number of aromatic amines is 1. The predicted octanol–water partition coefficient (Wildman–Crippen LogP) is 1.46. The summed E-state index contributed by atoms with van der Waals surface area (Å²) in [5, 5.41) is 0. The molecule has 21 heavy (non-hydrogen) atoms. The average Bonchev–Trinajstić information content (AvgIpc) is 2.82. The van der Waals surface area contributed by atoms with E-state index in [0.717, 1.165) is 25.7 Å². The zero-order valence-corrected chi connectivity index (χ0v) is 12.0. The number of nitrogens with one attached hydrogen (secondary N) is 1. The van der Waals surface area contributed by atoms with Crippen molar-refractivity contribution in [3.8, 4) is 5.69 Å². The summed E-state index contributed by atoms with van der Waals surface area (Å²) in [6, 6.07) is 9.27. The van der Waals surface area contributed by atoms with E-state index in [4.69, 9.17) is 4.74 Å². The second kappa shape index (κ2) is 5.73. The molecule has 3 rings (SSSR count). The van der Waals surface area contributed by atoms with Crippen molar-refractivity contribution in [2.24, 2.45) is 0 Å². The van der Waals surface area contributed by atoms with E-state index >= 15 is 0 Å². The van der Waals surface area contributed by atoms with Crippen LogP contribution in [0.4, 0.5) is 0 Å².